The van der Waals surface area contributed by atoms with E-state index in [0.717, 1.165) is 24.2 Å². The fourth-order valence-electron chi connectivity index (χ4n) is 3.06. The molecule has 0 aliphatic carbocycles. The van der Waals surface area contributed by atoms with Gasteiger partial charge in [-0.3, -0.25) is 13.9 Å². The van der Waals surface area contributed by atoms with Crippen LogP contribution in [0.4, 0.5) is 5.69 Å². The van der Waals surface area contributed by atoms with Crippen molar-refractivity contribution in [3.8, 4) is 0 Å². The van der Waals surface area contributed by atoms with Crippen LogP contribution in [0.1, 0.15) is 33.3 Å². The first-order valence-electron chi connectivity index (χ1n) is 10.3. The standard InChI is InChI=1S/C23H29BrIN3O4S/c1-16(22(30)26-23(2,3)4)27(14-17-6-8-18(24)9-7-17)21(29)15-28(33(5,31)32)20-12-10-19(25)11-13-20/h6-13,16H,14-15H2,1-5H3,(H,26,30)/t16-/m0/s1. The van der Waals surface area contributed by atoms with Gasteiger partial charge in [-0.25, -0.2) is 8.42 Å². The zero-order valence-electron chi connectivity index (χ0n) is 19.3. The fraction of sp³-hybridized carbons (Fsp3) is 0.391. The van der Waals surface area contributed by atoms with Gasteiger partial charge in [-0.05, 0) is 92.2 Å². The Balaban J connectivity index is 2.38. The molecule has 2 aromatic rings. The highest BCUT2D eigenvalue weighted by atomic mass is 127. The van der Waals surface area contributed by atoms with Crippen molar-refractivity contribution < 1.29 is 18.0 Å². The third-order valence-electron chi connectivity index (χ3n) is 4.73. The molecule has 0 aliphatic rings. The number of anilines is 1. The first kappa shape index (κ1) is 27.6. The summed E-state index contributed by atoms with van der Waals surface area (Å²) in [5.74, 6) is -0.786. The van der Waals surface area contributed by atoms with Crippen LogP contribution in [0, 0.1) is 3.57 Å². The van der Waals surface area contributed by atoms with E-state index in [4.69, 9.17) is 0 Å². The van der Waals surface area contributed by atoms with E-state index in [0.29, 0.717) is 5.69 Å². The number of amides is 2. The number of nitrogens with zero attached hydrogens (tertiary/aromatic N) is 2. The van der Waals surface area contributed by atoms with Crippen molar-refractivity contribution in [2.45, 2.75) is 45.8 Å². The summed E-state index contributed by atoms with van der Waals surface area (Å²) >= 11 is 5.52. The summed E-state index contributed by atoms with van der Waals surface area (Å²) in [7, 11) is -3.74. The quantitative estimate of drug-likeness (QED) is 0.436. The zero-order valence-corrected chi connectivity index (χ0v) is 23.9. The molecule has 0 heterocycles. The molecule has 1 atom stereocenters. The van der Waals surface area contributed by atoms with Crippen LogP contribution in [0.3, 0.4) is 0 Å². The van der Waals surface area contributed by atoms with Crippen LogP contribution in [-0.4, -0.2) is 49.5 Å². The van der Waals surface area contributed by atoms with Crippen LogP contribution in [-0.2, 0) is 26.2 Å². The van der Waals surface area contributed by atoms with Gasteiger partial charge in [-0.15, -0.1) is 0 Å². The summed E-state index contributed by atoms with van der Waals surface area (Å²) in [6.07, 6.45) is 1.06. The van der Waals surface area contributed by atoms with Gasteiger partial charge >= 0.3 is 0 Å². The minimum atomic E-state index is -3.74. The molecule has 33 heavy (non-hydrogen) atoms. The maximum absolute atomic E-state index is 13.5. The molecular weight excluding hydrogens is 621 g/mol. The average molecular weight is 650 g/mol. The van der Waals surface area contributed by atoms with Crippen LogP contribution in [0.25, 0.3) is 0 Å². The van der Waals surface area contributed by atoms with Crippen LogP contribution >= 0.6 is 38.5 Å². The lowest BCUT2D eigenvalue weighted by Gasteiger charge is -2.33. The molecule has 0 saturated heterocycles. The second kappa shape index (κ2) is 11.2. The van der Waals surface area contributed by atoms with Gasteiger partial charge in [-0.1, -0.05) is 28.1 Å². The Hall–Kier alpha value is -1.66. The van der Waals surface area contributed by atoms with Crippen LogP contribution in [0.15, 0.2) is 53.0 Å². The molecule has 10 heteroatoms. The summed E-state index contributed by atoms with van der Waals surface area (Å²) < 4.78 is 28.0. The van der Waals surface area contributed by atoms with E-state index in [1.165, 1.54) is 4.90 Å². The predicted octanol–water partition coefficient (Wildman–Crippen LogP) is 4.15. The smallest absolute Gasteiger partial charge is 0.244 e. The molecule has 0 aromatic heterocycles. The molecule has 0 bridgehead atoms. The highest BCUT2D eigenvalue weighted by molar-refractivity contribution is 14.1. The van der Waals surface area contributed by atoms with Gasteiger partial charge in [0.1, 0.15) is 12.6 Å². The Labute approximate surface area is 218 Å². The number of halogens is 2. The Kier molecular flexibility index (Phi) is 9.34. The number of sulfonamides is 1. The van der Waals surface area contributed by atoms with E-state index in [1.807, 2.05) is 45.0 Å². The number of carbonyl (C=O) groups excluding carboxylic acids is 2. The molecule has 7 nitrogen and oxygen atoms in total. The first-order chi connectivity index (χ1) is 15.2. The summed E-state index contributed by atoms with van der Waals surface area (Å²) in [4.78, 5) is 27.8. The van der Waals surface area contributed by atoms with Crippen LogP contribution < -0.4 is 9.62 Å². The second-order valence-corrected chi connectivity index (χ2v) is 12.9. The summed E-state index contributed by atoms with van der Waals surface area (Å²) in [5.41, 5.74) is 0.737. The van der Waals surface area contributed by atoms with E-state index < -0.39 is 34.1 Å². The highest BCUT2D eigenvalue weighted by Gasteiger charge is 2.31. The van der Waals surface area contributed by atoms with E-state index in [1.54, 1.807) is 31.2 Å². The Bertz CT molecular complexity index is 1080. The minimum absolute atomic E-state index is 0.162. The summed E-state index contributed by atoms with van der Waals surface area (Å²) in [6.45, 7) is 6.98. The average Bonchev–Trinajstić information content (AvgIpc) is 2.69. The van der Waals surface area contributed by atoms with E-state index in [9.17, 15) is 18.0 Å². The topological polar surface area (TPSA) is 86.8 Å². The molecule has 180 valence electrons. The summed E-state index contributed by atoms with van der Waals surface area (Å²) in [6, 6.07) is 13.5. The van der Waals surface area contributed by atoms with Crippen LogP contribution in [0.2, 0.25) is 0 Å². The van der Waals surface area contributed by atoms with E-state index >= 15 is 0 Å². The Morgan fingerprint density at radius 2 is 1.61 bits per heavy atom. The van der Waals surface area contributed by atoms with Crippen molar-refractivity contribution in [1.82, 2.24) is 10.2 Å². The number of benzene rings is 2. The van der Waals surface area contributed by atoms with Gasteiger partial charge in [0.05, 0.1) is 11.9 Å². The molecule has 2 aromatic carbocycles. The molecule has 0 aliphatic heterocycles. The Morgan fingerprint density at radius 1 is 1.06 bits per heavy atom. The third-order valence-corrected chi connectivity index (χ3v) is 7.11. The predicted molar refractivity (Wildman–Crippen MR) is 143 cm³/mol. The van der Waals surface area contributed by atoms with Gasteiger partial charge in [0, 0.05) is 20.1 Å². The maximum Gasteiger partial charge on any atom is 0.244 e. The van der Waals surface area contributed by atoms with Gasteiger partial charge < -0.3 is 10.2 Å². The van der Waals surface area contributed by atoms with Gasteiger partial charge in [0.2, 0.25) is 21.8 Å². The first-order valence-corrected chi connectivity index (χ1v) is 14.0. The van der Waals surface area contributed by atoms with Gasteiger partial charge in [0.25, 0.3) is 0 Å². The molecule has 0 saturated carbocycles. The fourth-order valence-corrected chi connectivity index (χ4v) is 4.54. The minimum Gasteiger partial charge on any atom is -0.350 e. The van der Waals surface area contributed by atoms with Crippen molar-refractivity contribution >= 4 is 66.0 Å². The number of hydrogen-bond donors (Lipinski definition) is 1. The monoisotopic (exact) mass is 649 g/mol. The second-order valence-electron chi connectivity index (χ2n) is 8.81. The number of hydrogen-bond acceptors (Lipinski definition) is 4. The summed E-state index contributed by atoms with van der Waals surface area (Å²) in [5, 5.41) is 2.90. The normalized spacial score (nSPS) is 12.7. The van der Waals surface area contributed by atoms with Gasteiger partial charge in [0.15, 0.2) is 0 Å². The molecule has 0 fully saturated rings. The molecule has 0 spiro atoms. The van der Waals surface area contributed by atoms with E-state index in [-0.39, 0.29) is 12.5 Å². The molecular formula is C23H29BrIN3O4S. The van der Waals surface area contributed by atoms with E-state index in [2.05, 4.69) is 43.8 Å². The number of rotatable bonds is 8. The maximum atomic E-state index is 13.5. The highest BCUT2D eigenvalue weighted by Crippen LogP contribution is 2.21. The van der Waals surface area contributed by atoms with Crippen molar-refractivity contribution in [2.75, 3.05) is 17.1 Å². The van der Waals surface area contributed by atoms with Crippen LogP contribution in [0.5, 0.6) is 0 Å². The molecule has 2 amide bonds. The lowest BCUT2D eigenvalue weighted by atomic mass is 10.1. The number of nitrogens with one attached hydrogen (secondary N) is 1. The molecule has 0 radical (unpaired) electrons. The molecule has 2 rings (SSSR count). The van der Waals surface area contributed by atoms with Crippen molar-refractivity contribution in [1.29, 1.82) is 0 Å². The Morgan fingerprint density at radius 3 is 2.09 bits per heavy atom. The lowest BCUT2D eigenvalue weighted by molar-refractivity contribution is -0.140. The lowest BCUT2D eigenvalue weighted by Crippen LogP contribution is -2.54. The largest absolute Gasteiger partial charge is 0.350 e. The van der Waals surface area contributed by atoms with Crippen molar-refractivity contribution in [2.24, 2.45) is 0 Å². The molecule has 0 unspecified atom stereocenters. The SMILES string of the molecule is C[C@@H](C(=O)NC(C)(C)C)N(Cc1ccc(Br)cc1)C(=O)CN(c1ccc(I)cc1)S(C)(=O)=O. The zero-order chi connectivity index (χ0) is 25.0. The van der Waals surface area contributed by atoms with Gasteiger partial charge in [-0.2, -0.15) is 0 Å². The molecule has 1 N–H and O–H groups in total. The van der Waals surface area contributed by atoms with Crippen molar-refractivity contribution in [3.63, 3.8) is 0 Å². The van der Waals surface area contributed by atoms with Crippen molar-refractivity contribution in [3.05, 3.63) is 62.1 Å². The third kappa shape index (κ3) is 8.56. The number of carbonyl (C=O) groups is 2.